The van der Waals surface area contributed by atoms with Crippen molar-refractivity contribution in [3.8, 4) is 5.75 Å². The summed E-state index contributed by atoms with van der Waals surface area (Å²) >= 11 is 4.87. The number of hydrogen-bond acceptors (Lipinski definition) is 4. The summed E-state index contributed by atoms with van der Waals surface area (Å²) in [7, 11) is 1.62. The Morgan fingerprint density at radius 2 is 2.29 bits per heavy atom. The second-order valence-electron chi connectivity index (χ2n) is 2.61. The predicted molar refractivity (Wildman–Crippen MR) is 60.0 cm³/mol. The van der Waals surface area contributed by atoms with E-state index in [2.05, 4.69) is 20.9 Å². The molecule has 2 rings (SSSR count). The maximum Gasteiger partial charge on any atom is 0.256 e. The minimum atomic E-state index is 0.644. The average molecular weight is 274 g/mol. The van der Waals surface area contributed by atoms with Gasteiger partial charge in [0.05, 0.1) is 11.6 Å². The lowest BCUT2D eigenvalue weighted by atomic mass is 10.3. The molecular weight excluding hydrogens is 266 g/mol. The van der Waals surface area contributed by atoms with Crippen molar-refractivity contribution in [3.05, 3.63) is 16.6 Å². The Morgan fingerprint density at radius 1 is 1.50 bits per heavy atom. The van der Waals surface area contributed by atoms with Gasteiger partial charge in [0, 0.05) is 0 Å². The molecule has 0 aliphatic carbocycles. The highest BCUT2D eigenvalue weighted by Gasteiger charge is 2.12. The van der Waals surface area contributed by atoms with Crippen LogP contribution in [0.25, 0.3) is 11.1 Å². The maximum atomic E-state index is 5.52. The van der Waals surface area contributed by atoms with Crippen molar-refractivity contribution in [1.82, 2.24) is 4.98 Å². The fraction of sp³-hybridized carbons (Fsp3) is 0.222. The first-order chi connectivity index (χ1) is 6.76. The van der Waals surface area contributed by atoms with Gasteiger partial charge in [0.1, 0.15) is 5.75 Å². The van der Waals surface area contributed by atoms with Crippen LogP contribution in [0.3, 0.4) is 0 Å². The number of benzene rings is 1. The molecular formula is C9H8BrNO2S. The Bertz CT molecular complexity index is 469. The first kappa shape index (κ1) is 9.86. The normalized spacial score (nSPS) is 10.8. The molecule has 1 aromatic carbocycles. The molecule has 14 heavy (non-hydrogen) atoms. The van der Waals surface area contributed by atoms with E-state index < -0.39 is 0 Å². The van der Waals surface area contributed by atoms with Crippen LogP contribution in [0.1, 0.15) is 0 Å². The van der Waals surface area contributed by atoms with E-state index in [4.69, 9.17) is 9.15 Å². The molecule has 0 saturated carbocycles. The number of methoxy groups -OCH3 is 1. The molecule has 5 heteroatoms. The van der Waals surface area contributed by atoms with Crippen LogP contribution in [0.4, 0.5) is 0 Å². The zero-order chi connectivity index (χ0) is 10.1. The van der Waals surface area contributed by atoms with Crippen molar-refractivity contribution < 1.29 is 9.15 Å². The summed E-state index contributed by atoms with van der Waals surface area (Å²) in [6, 6.07) is 3.75. The first-order valence-electron chi connectivity index (χ1n) is 3.93. The largest absolute Gasteiger partial charge is 0.494 e. The standard InChI is InChI=1S/C9H8BrNO2S/c1-12-6-4-3-5(10)8-7(6)11-9(13-8)14-2/h3-4H,1-2H3. The van der Waals surface area contributed by atoms with E-state index in [0.29, 0.717) is 5.22 Å². The second-order valence-corrected chi connectivity index (χ2v) is 4.22. The SMILES string of the molecule is COc1ccc(Br)c2oc(SC)nc12. The van der Waals surface area contributed by atoms with Crippen LogP contribution in [0, 0.1) is 0 Å². The monoisotopic (exact) mass is 273 g/mol. The molecule has 1 heterocycles. The van der Waals surface area contributed by atoms with Crippen molar-refractivity contribution >= 4 is 38.8 Å². The highest BCUT2D eigenvalue weighted by molar-refractivity contribution is 9.10. The third-order valence-electron chi connectivity index (χ3n) is 1.83. The van der Waals surface area contributed by atoms with E-state index in [-0.39, 0.29) is 0 Å². The zero-order valence-electron chi connectivity index (χ0n) is 7.70. The topological polar surface area (TPSA) is 35.3 Å². The Kier molecular flexibility index (Phi) is 2.69. The summed E-state index contributed by atoms with van der Waals surface area (Å²) in [5, 5.41) is 0.644. The van der Waals surface area contributed by atoms with Gasteiger partial charge in [-0.1, -0.05) is 11.8 Å². The van der Waals surface area contributed by atoms with Gasteiger partial charge in [-0.05, 0) is 34.3 Å². The van der Waals surface area contributed by atoms with Crippen LogP contribution in [0.2, 0.25) is 0 Å². The molecule has 74 valence electrons. The lowest BCUT2D eigenvalue weighted by Crippen LogP contribution is -1.84. The van der Waals surface area contributed by atoms with Crippen LogP contribution < -0.4 is 4.74 Å². The van der Waals surface area contributed by atoms with Crippen molar-refractivity contribution in [1.29, 1.82) is 0 Å². The number of halogens is 1. The van der Waals surface area contributed by atoms with E-state index >= 15 is 0 Å². The summed E-state index contributed by atoms with van der Waals surface area (Å²) in [6.45, 7) is 0. The Hall–Kier alpha value is -0.680. The summed E-state index contributed by atoms with van der Waals surface area (Å²) in [5.41, 5.74) is 1.49. The molecule has 0 fully saturated rings. The molecule has 0 saturated heterocycles. The molecule has 0 N–H and O–H groups in total. The Labute approximate surface area is 94.0 Å². The molecule has 3 nitrogen and oxygen atoms in total. The van der Waals surface area contributed by atoms with Crippen molar-refractivity contribution in [2.24, 2.45) is 0 Å². The Balaban J connectivity index is 2.74. The number of ether oxygens (including phenoxy) is 1. The number of oxazole rings is 1. The predicted octanol–water partition coefficient (Wildman–Crippen LogP) is 3.32. The quantitative estimate of drug-likeness (QED) is 0.787. The molecule has 0 aliphatic heterocycles. The molecule has 0 bridgehead atoms. The number of rotatable bonds is 2. The minimum Gasteiger partial charge on any atom is -0.494 e. The van der Waals surface area contributed by atoms with Gasteiger partial charge in [-0.25, -0.2) is 0 Å². The van der Waals surface area contributed by atoms with Crippen molar-refractivity contribution in [2.45, 2.75) is 5.22 Å². The van der Waals surface area contributed by atoms with Crippen LogP contribution in [-0.4, -0.2) is 18.3 Å². The van der Waals surface area contributed by atoms with Crippen LogP contribution in [0.5, 0.6) is 5.75 Å². The van der Waals surface area contributed by atoms with E-state index in [1.54, 1.807) is 7.11 Å². The average Bonchev–Trinajstić information content (AvgIpc) is 2.63. The fourth-order valence-corrected chi connectivity index (χ4v) is 1.94. The number of nitrogens with zero attached hydrogens (tertiary/aromatic N) is 1. The highest BCUT2D eigenvalue weighted by Crippen LogP contribution is 2.33. The third-order valence-corrected chi connectivity index (χ3v) is 2.98. The van der Waals surface area contributed by atoms with E-state index in [1.807, 2.05) is 18.4 Å². The molecule has 0 spiro atoms. The summed E-state index contributed by atoms with van der Waals surface area (Å²) in [4.78, 5) is 4.30. The molecule has 0 aliphatic rings. The highest BCUT2D eigenvalue weighted by atomic mass is 79.9. The van der Waals surface area contributed by atoms with Crippen LogP contribution >= 0.6 is 27.7 Å². The smallest absolute Gasteiger partial charge is 0.256 e. The lowest BCUT2D eigenvalue weighted by Gasteiger charge is -1.99. The third kappa shape index (κ3) is 1.50. The molecule has 1 aromatic heterocycles. The summed E-state index contributed by atoms with van der Waals surface area (Å²) in [6.07, 6.45) is 1.92. The number of fused-ring (bicyclic) bond motifs is 1. The van der Waals surface area contributed by atoms with Gasteiger partial charge in [0.25, 0.3) is 5.22 Å². The van der Waals surface area contributed by atoms with Gasteiger partial charge in [0.15, 0.2) is 11.1 Å². The number of thioether (sulfide) groups is 1. The van der Waals surface area contributed by atoms with Crippen molar-refractivity contribution in [3.63, 3.8) is 0 Å². The number of aromatic nitrogens is 1. The van der Waals surface area contributed by atoms with Gasteiger partial charge in [0.2, 0.25) is 0 Å². The molecule has 0 radical (unpaired) electrons. The van der Waals surface area contributed by atoms with Crippen LogP contribution in [-0.2, 0) is 0 Å². The van der Waals surface area contributed by atoms with Gasteiger partial charge >= 0.3 is 0 Å². The van der Waals surface area contributed by atoms with Gasteiger partial charge in [-0.3, -0.25) is 0 Å². The molecule has 0 unspecified atom stereocenters. The lowest BCUT2D eigenvalue weighted by molar-refractivity contribution is 0.419. The second kappa shape index (κ2) is 3.82. The Morgan fingerprint density at radius 3 is 2.93 bits per heavy atom. The van der Waals surface area contributed by atoms with Crippen LogP contribution in [0.15, 0.2) is 26.2 Å². The molecule has 0 amide bonds. The summed E-state index contributed by atoms with van der Waals surface area (Å²) in [5.74, 6) is 0.729. The van der Waals surface area contributed by atoms with E-state index in [9.17, 15) is 0 Å². The minimum absolute atomic E-state index is 0.644. The summed E-state index contributed by atoms with van der Waals surface area (Å²) < 4.78 is 11.6. The van der Waals surface area contributed by atoms with E-state index in [0.717, 1.165) is 21.3 Å². The van der Waals surface area contributed by atoms with Gasteiger partial charge in [-0.15, -0.1) is 0 Å². The maximum absolute atomic E-state index is 5.52. The first-order valence-corrected chi connectivity index (χ1v) is 5.95. The molecule has 2 aromatic rings. The van der Waals surface area contributed by atoms with Crippen molar-refractivity contribution in [2.75, 3.05) is 13.4 Å². The zero-order valence-corrected chi connectivity index (χ0v) is 10.1. The van der Waals surface area contributed by atoms with E-state index in [1.165, 1.54) is 11.8 Å². The number of hydrogen-bond donors (Lipinski definition) is 0. The van der Waals surface area contributed by atoms with Gasteiger partial charge < -0.3 is 9.15 Å². The fourth-order valence-electron chi connectivity index (χ4n) is 1.18. The van der Waals surface area contributed by atoms with Gasteiger partial charge in [-0.2, -0.15) is 4.98 Å². The molecule has 0 atom stereocenters.